The van der Waals surface area contributed by atoms with Crippen LogP contribution in [0.25, 0.3) is 0 Å². The lowest BCUT2D eigenvalue weighted by atomic mass is 9.78. The van der Waals surface area contributed by atoms with Gasteiger partial charge in [-0.2, -0.15) is 0 Å². The highest BCUT2D eigenvalue weighted by molar-refractivity contribution is 5.84. The molecule has 2 heterocycles. The number of methoxy groups -OCH3 is 1. The minimum absolute atomic E-state index is 0.0660. The van der Waals surface area contributed by atoms with E-state index < -0.39 is 0 Å². The predicted octanol–water partition coefficient (Wildman–Crippen LogP) is 2.28. The highest BCUT2D eigenvalue weighted by Gasteiger charge is 2.49. The van der Waals surface area contributed by atoms with Gasteiger partial charge in [-0.05, 0) is 38.6 Å². The third-order valence-electron chi connectivity index (χ3n) is 5.86. The maximum Gasteiger partial charge on any atom is 0.230 e. The molecule has 120 valence electrons. The van der Waals surface area contributed by atoms with Crippen molar-refractivity contribution < 1.29 is 9.53 Å². The third kappa shape index (κ3) is 3.11. The zero-order chi connectivity index (χ0) is 14.7. The van der Waals surface area contributed by atoms with Crippen molar-refractivity contribution in [2.45, 2.75) is 57.4 Å². The zero-order valence-electron chi connectivity index (χ0n) is 13.5. The van der Waals surface area contributed by atoms with Crippen molar-refractivity contribution in [2.75, 3.05) is 39.9 Å². The van der Waals surface area contributed by atoms with Gasteiger partial charge in [-0.15, -0.1) is 0 Å². The Morgan fingerprint density at radius 3 is 2.71 bits per heavy atom. The molecule has 4 nitrogen and oxygen atoms in total. The van der Waals surface area contributed by atoms with Gasteiger partial charge in [0.15, 0.2) is 0 Å². The molecule has 1 unspecified atom stereocenters. The van der Waals surface area contributed by atoms with Crippen LogP contribution >= 0.6 is 0 Å². The summed E-state index contributed by atoms with van der Waals surface area (Å²) in [5.41, 5.74) is -0.0660. The van der Waals surface area contributed by atoms with E-state index in [-0.39, 0.29) is 5.41 Å². The molecule has 1 spiro atoms. The molecule has 1 saturated carbocycles. The lowest BCUT2D eigenvalue weighted by molar-refractivity contribution is -0.146. The van der Waals surface area contributed by atoms with Crippen molar-refractivity contribution in [2.24, 2.45) is 5.41 Å². The average molecular weight is 294 g/mol. The van der Waals surface area contributed by atoms with Gasteiger partial charge in [0, 0.05) is 32.8 Å². The van der Waals surface area contributed by atoms with Crippen LogP contribution < -0.4 is 0 Å². The molecule has 3 aliphatic rings. The van der Waals surface area contributed by atoms with E-state index in [9.17, 15) is 4.79 Å². The van der Waals surface area contributed by atoms with E-state index in [2.05, 4.69) is 9.80 Å². The standard InChI is InChI=1S/C17H30N2O2/c1-21-13-12-18-10-5-8-17(16(18)20)9-11-19(14-17)15-6-3-2-4-7-15/h15H,2-14H2,1H3. The summed E-state index contributed by atoms with van der Waals surface area (Å²) in [7, 11) is 1.71. The van der Waals surface area contributed by atoms with Gasteiger partial charge in [0.05, 0.1) is 12.0 Å². The second-order valence-electron chi connectivity index (χ2n) is 7.18. The molecule has 1 aliphatic carbocycles. The fourth-order valence-corrected chi connectivity index (χ4v) is 4.61. The number of carbonyl (C=O) groups is 1. The van der Waals surface area contributed by atoms with Crippen molar-refractivity contribution in [1.29, 1.82) is 0 Å². The van der Waals surface area contributed by atoms with E-state index in [4.69, 9.17) is 4.74 Å². The first-order chi connectivity index (χ1) is 10.2. The first-order valence-electron chi connectivity index (χ1n) is 8.77. The number of nitrogens with zero attached hydrogens (tertiary/aromatic N) is 2. The summed E-state index contributed by atoms with van der Waals surface area (Å²) in [6.45, 7) is 4.50. The lowest BCUT2D eigenvalue weighted by Gasteiger charge is -2.40. The van der Waals surface area contributed by atoms with Gasteiger partial charge in [-0.1, -0.05) is 19.3 Å². The molecule has 2 aliphatic heterocycles. The largest absolute Gasteiger partial charge is 0.383 e. The maximum atomic E-state index is 12.9. The third-order valence-corrected chi connectivity index (χ3v) is 5.86. The van der Waals surface area contributed by atoms with E-state index in [1.807, 2.05) is 0 Å². The molecular weight excluding hydrogens is 264 g/mol. The van der Waals surface area contributed by atoms with Gasteiger partial charge >= 0.3 is 0 Å². The molecule has 1 amide bonds. The van der Waals surface area contributed by atoms with Crippen LogP contribution in [0, 0.1) is 5.41 Å². The van der Waals surface area contributed by atoms with Gasteiger partial charge in [-0.3, -0.25) is 9.69 Å². The quantitative estimate of drug-likeness (QED) is 0.797. The van der Waals surface area contributed by atoms with Crippen molar-refractivity contribution in [1.82, 2.24) is 9.80 Å². The number of rotatable bonds is 4. The second kappa shape index (κ2) is 6.66. The van der Waals surface area contributed by atoms with E-state index in [1.165, 1.54) is 32.1 Å². The van der Waals surface area contributed by atoms with E-state index in [0.29, 0.717) is 12.5 Å². The molecule has 3 rings (SSSR count). The molecule has 0 aromatic rings. The smallest absolute Gasteiger partial charge is 0.230 e. The number of ether oxygens (including phenoxy) is 1. The van der Waals surface area contributed by atoms with Crippen LogP contribution in [0.15, 0.2) is 0 Å². The first-order valence-corrected chi connectivity index (χ1v) is 8.77. The molecule has 4 heteroatoms. The Hall–Kier alpha value is -0.610. The van der Waals surface area contributed by atoms with Gasteiger partial charge in [0.25, 0.3) is 0 Å². The SMILES string of the molecule is COCCN1CCCC2(CCN(C3CCCCC3)C2)C1=O. The lowest BCUT2D eigenvalue weighted by Crippen LogP contribution is -2.51. The Labute approximate surface area is 128 Å². The highest BCUT2D eigenvalue weighted by Crippen LogP contribution is 2.42. The van der Waals surface area contributed by atoms with Crippen molar-refractivity contribution in [3.63, 3.8) is 0 Å². The van der Waals surface area contributed by atoms with Crippen molar-refractivity contribution >= 4 is 5.91 Å². The van der Waals surface area contributed by atoms with Gasteiger partial charge in [0.2, 0.25) is 5.91 Å². The number of piperidine rings is 1. The Bertz CT molecular complexity index is 368. The Balaban J connectivity index is 1.62. The monoisotopic (exact) mass is 294 g/mol. The summed E-state index contributed by atoms with van der Waals surface area (Å²) in [5, 5.41) is 0. The second-order valence-corrected chi connectivity index (χ2v) is 7.18. The molecule has 1 atom stereocenters. The van der Waals surface area contributed by atoms with Crippen LogP contribution in [0.3, 0.4) is 0 Å². The molecule has 0 aromatic carbocycles. The number of hydrogen-bond acceptors (Lipinski definition) is 3. The number of hydrogen-bond donors (Lipinski definition) is 0. The number of likely N-dealkylation sites (tertiary alicyclic amines) is 2. The zero-order valence-corrected chi connectivity index (χ0v) is 13.5. The van der Waals surface area contributed by atoms with Crippen LogP contribution in [0.4, 0.5) is 0 Å². The van der Waals surface area contributed by atoms with E-state index >= 15 is 0 Å². The number of carbonyl (C=O) groups excluding carboxylic acids is 1. The van der Waals surface area contributed by atoms with Crippen molar-refractivity contribution in [3.8, 4) is 0 Å². The molecule has 0 N–H and O–H groups in total. The summed E-state index contributed by atoms with van der Waals surface area (Å²) < 4.78 is 5.16. The highest BCUT2D eigenvalue weighted by atomic mass is 16.5. The Morgan fingerprint density at radius 1 is 1.14 bits per heavy atom. The normalized spacial score (nSPS) is 32.2. The molecule has 0 radical (unpaired) electrons. The van der Waals surface area contributed by atoms with Gasteiger partial charge < -0.3 is 9.64 Å². The van der Waals surface area contributed by atoms with Crippen LogP contribution in [0.1, 0.15) is 51.4 Å². The topological polar surface area (TPSA) is 32.8 Å². The van der Waals surface area contributed by atoms with Crippen molar-refractivity contribution in [3.05, 3.63) is 0 Å². The minimum atomic E-state index is -0.0660. The molecule has 2 saturated heterocycles. The summed E-state index contributed by atoms with van der Waals surface area (Å²) >= 11 is 0. The summed E-state index contributed by atoms with van der Waals surface area (Å²) in [4.78, 5) is 17.6. The maximum absolute atomic E-state index is 12.9. The Morgan fingerprint density at radius 2 is 1.95 bits per heavy atom. The van der Waals surface area contributed by atoms with E-state index in [1.54, 1.807) is 7.11 Å². The Kier molecular flexibility index (Phi) is 4.85. The van der Waals surface area contributed by atoms with Crippen LogP contribution in [0.2, 0.25) is 0 Å². The predicted molar refractivity (Wildman–Crippen MR) is 83.2 cm³/mol. The molecule has 0 aromatic heterocycles. The summed E-state index contributed by atoms with van der Waals surface area (Å²) in [6.07, 6.45) is 10.2. The number of amides is 1. The average Bonchev–Trinajstić information content (AvgIpc) is 2.95. The van der Waals surface area contributed by atoms with E-state index in [0.717, 1.165) is 51.5 Å². The fraction of sp³-hybridized carbons (Fsp3) is 0.941. The molecule has 21 heavy (non-hydrogen) atoms. The first kappa shape index (κ1) is 15.3. The van der Waals surface area contributed by atoms with Gasteiger partial charge in [0.1, 0.15) is 0 Å². The van der Waals surface area contributed by atoms with Crippen LogP contribution in [0.5, 0.6) is 0 Å². The van der Waals surface area contributed by atoms with Crippen LogP contribution in [-0.2, 0) is 9.53 Å². The van der Waals surface area contributed by atoms with Crippen LogP contribution in [-0.4, -0.2) is 61.6 Å². The van der Waals surface area contributed by atoms with Gasteiger partial charge in [-0.25, -0.2) is 0 Å². The minimum Gasteiger partial charge on any atom is -0.383 e. The molecule has 3 fully saturated rings. The fourth-order valence-electron chi connectivity index (χ4n) is 4.61. The molecule has 0 bridgehead atoms. The molecular formula is C17H30N2O2. The summed E-state index contributed by atoms with van der Waals surface area (Å²) in [6, 6.07) is 0.750. The summed E-state index contributed by atoms with van der Waals surface area (Å²) in [5.74, 6) is 0.407.